The van der Waals surface area contributed by atoms with Crippen LogP contribution in [0.4, 0.5) is 0 Å². The number of piperidine rings is 1. The number of amides is 2. The van der Waals surface area contributed by atoms with Crippen molar-refractivity contribution in [2.45, 2.75) is 70.5 Å². The number of hydrogen-bond acceptors (Lipinski definition) is 10. The van der Waals surface area contributed by atoms with Crippen molar-refractivity contribution in [2.24, 2.45) is 0 Å². The summed E-state index contributed by atoms with van der Waals surface area (Å²) in [7, 11) is 0. The third-order valence-corrected chi connectivity index (χ3v) is 9.12. The highest BCUT2D eigenvalue weighted by atomic mass is 16.6. The lowest BCUT2D eigenvalue weighted by molar-refractivity contribution is -0.168. The molecule has 5 rings (SSSR count). The van der Waals surface area contributed by atoms with Gasteiger partial charge in [0.05, 0.1) is 6.42 Å². The zero-order valence-corrected chi connectivity index (χ0v) is 31.4. The number of rotatable bonds is 20. The molecule has 0 unspecified atom stereocenters. The number of nitrogens with zero attached hydrogens (tertiary/aromatic N) is 1. The van der Waals surface area contributed by atoms with Gasteiger partial charge in [-0.05, 0) is 60.3 Å². The SMILES string of the molecule is O=C(CCC(=O)OCc1ccccc1)N[C@@H](Cc1ccc(OC(C(=O)OCc2ccccc2)C(=O)OCc2ccccc2)cc1)C(=O)NCCN1CCCCC1. The first-order chi connectivity index (χ1) is 27.3. The Morgan fingerprint density at radius 1 is 0.589 bits per heavy atom. The van der Waals surface area contributed by atoms with Gasteiger partial charge >= 0.3 is 17.9 Å². The second-order valence-electron chi connectivity index (χ2n) is 13.5. The highest BCUT2D eigenvalue weighted by Gasteiger charge is 2.33. The van der Waals surface area contributed by atoms with Crippen LogP contribution in [0.1, 0.15) is 54.4 Å². The Balaban J connectivity index is 1.20. The molecule has 4 aromatic rings. The van der Waals surface area contributed by atoms with Gasteiger partial charge in [-0.1, -0.05) is 110 Å². The van der Waals surface area contributed by atoms with Crippen LogP contribution in [0.25, 0.3) is 0 Å². The smallest absolute Gasteiger partial charge is 0.359 e. The van der Waals surface area contributed by atoms with Crippen molar-refractivity contribution in [2.75, 3.05) is 26.2 Å². The molecule has 2 amide bonds. The second-order valence-corrected chi connectivity index (χ2v) is 13.5. The Kier molecular flexibility index (Phi) is 16.5. The van der Waals surface area contributed by atoms with Crippen molar-refractivity contribution in [3.8, 4) is 5.75 Å². The Bertz CT molecular complexity index is 1780. The molecule has 4 aromatic carbocycles. The van der Waals surface area contributed by atoms with Crippen LogP contribution >= 0.6 is 0 Å². The van der Waals surface area contributed by atoms with Crippen molar-refractivity contribution >= 4 is 29.7 Å². The largest absolute Gasteiger partial charge is 0.467 e. The van der Waals surface area contributed by atoms with Gasteiger partial charge in [-0.3, -0.25) is 14.4 Å². The highest BCUT2D eigenvalue weighted by Crippen LogP contribution is 2.18. The second kappa shape index (κ2) is 22.4. The van der Waals surface area contributed by atoms with Gasteiger partial charge in [-0.2, -0.15) is 0 Å². The standard InChI is InChI=1S/C44H49N3O9/c48-39(23-24-40(49)53-30-34-13-5-1-6-14-34)46-38(42(50)45-25-28-47-26-11-4-12-27-47)29-33-19-21-37(22-20-33)56-41(43(51)54-31-35-15-7-2-8-16-35)44(52)55-32-36-17-9-3-10-18-36/h1-3,5-10,13-22,38,41H,4,11-12,23-32H2,(H,45,50)(H,46,48)/t38-/m0/s1. The number of nitrogens with one attached hydrogen (secondary N) is 2. The molecule has 2 N–H and O–H groups in total. The molecule has 1 aliphatic rings. The zero-order valence-electron chi connectivity index (χ0n) is 31.4. The van der Waals surface area contributed by atoms with Gasteiger partial charge in [0.25, 0.3) is 6.10 Å². The minimum absolute atomic E-state index is 0.0630. The molecule has 1 atom stereocenters. The van der Waals surface area contributed by atoms with E-state index in [4.69, 9.17) is 18.9 Å². The van der Waals surface area contributed by atoms with Crippen LogP contribution in [0.3, 0.4) is 0 Å². The molecule has 0 saturated carbocycles. The molecule has 0 bridgehead atoms. The number of carbonyl (C=O) groups is 5. The van der Waals surface area contributed by atoms with Crippen LogP contribution in [0.5, 0.6) is 5.75 Å². The normalized spacial score (nSPS) is 13.2. The lowest BCUT2D eigenvalue weighted by atomic mass is 10.0. The molecule has 0 radical (unpaired) electrons. The van der Waals surface area contributed by atoms with Crippen LogP contribution < -0.4 is 15.4 Å². The summed E-state index contributed by atoms with van der Waals surface area (Å²) in [5.74, 6) is -2.98. The summed E-state index contributed by atoms with van der Waals surface area (Å²) >= 11 is 0. The minimum Gasteiger partial charge on any atom is -0.467 e. The third-order valence-electron chi connectivity index (χ3n) is 9.12. The van der Waals surface area contributed by atoms with Crippen molar-refractivity contribution in [1.82, 2.24) is 15.5 Å². The molecule has 1 fully saturated rings. The molecular formula is C44H49N3O9. The quantitative estimate of drug-likeness (QED) is 0.0710. The summed E-state index contributed by atoms with van der Waals surface area (Å²) in [5, 5.41) is 5.74. The van der Waals surface area contributed by atoms with Crippen LogP contribution in [-0.4, -0.2) is 72.9 Å². The van der Waals surface area contributed by atoms with E-state index in [1.165, 1.54) is 6.42 Å². The average molecular weight is 764 g/mol. The molecular weight excluding hydrogens is 714 g/mol. The molecule has 12 heteroatoms. The summed E-state index contributed by atoms with van der Waals surface area (Å²) in [6, 6.07) is 32.9. The van der Waals surface area contributed by atoms with Gasteiger partial charge in [-0.25, -0.2) is 9.59 Å². The number of ether oxygens (including phenoxy) is 4. The first-order valence-electron chi connectivity index (χ1n) is 19.0. The Hall–Kier alpha value is -6.01. The van der Waals surface area contributed by atoms with E-state index in [1.54, 1.807) is 48.5 Å². The van der Waals surface area contributed by atoms with Gasteiger partial charge < -0.3 is 34.5 Å². The zero-order chi connectivity index (χ0) is 39.4. The van der Waals surface area contributed by atoms with E-state index in [-0.39, 0.29) is 50.7 Å². The predicted octanol–water partition coefficient (Wildman–Crippen LogP) is 5.07. The van der Waals surface area contributed by atoms with Gasteiger partial charge in [0.1, 0.15) is 31.6 Å². The summed E-state index contributed by atoms with van der Waals surface area (Å²) in [5.41, 5.74) is 2.99. The van der Waals surface area contributed by atoms with E-state index >= 15 is 0 Å². The first-order valence-corrected chi connectivity index (χ1v) is 19.0. The number of esters is 3. The summed E-state index contributed by atoms with van der Waals surface area (Å²) in [6.45, 7) is 3.08. The number of benzene rings is 4. The van der Waals surface area contributed by atoms with E-state index in [1.807, 2.05) is 66.7 Å². The summed E-state index contributed by atoms with van der Waals surface area (Å²) in [6.07, 6.45) is 1.59. The Labute approximate surface area is 327 Å². The third kappa shape index (κ3) is 14.3. The molecule has 56 heavy (non-hydrogen) atoms. The fourth-order valence-corrected chi connectivity index (χ4v) is 6.02. The van der Waals surface area contributed by atoms with Crippen molar-refractivity contribution < 1.29 is 42.9 Å². The molecule has 0 aromatic heterocycles. The molecule has 0 spiro atoms. The molecule has 1 heterocycles. The van der Waals surface area contributed by atoms with Crippen LogP contribution in [0.15, 0.2) is 115 Å². The Morgan fingerprint density at radius 2 is 1.11 bits per heavy atom. The fourth-order valence-electron chi connectivity index (χ4n) is 6.02. The summed E-state index contributed by atoms with van der Waals surface area (Å²) in [4.78, 5) is 67.5. The van der Waals surface area contributed by atoms with E-state index < -0.39 is 36.0 Å². The van der Waals surface area contributed by atoms with E-state index in [9.17, 15) is 24.0 Å². The van der Waals surface area contributed by atoms with Crippen molar-refractivity contribution in [3.63, 3.8) is 0 Å². The topological polar surface area (TPSA) is 150 Å². The van der Waals surface area contributed by atoms with Gasteiger partial charge in [0.2, 0.25) is 11.8 Å². The Morgan fingerprint density at radius 3 is 1.64 bits per heavy atom. The van der Waals surface area contributed by atoms with Gasteiger partial charge in [-0.15, -0.1) is 0 Å². The lowest BCUT2D eigenvalue weighted by Gasteiger charge is -2.27. The molecule has 0 aliphatic carbocycles. The maximum atomic E-state index is 13.4. The maximum absolute atomic E-state index is 13.4. The van der Waals surface area contributed by atoms with Crippen LogP contribution in [0.2, 0.25) is 0 Å². The number of hydrogen-bond donors (Lipinski definition) is 2. The van der Waals surface area contributed by atoms with Crippen molar-refractivity contribution in [1.29, 1.82) is 0 Å². The highest BCUT2D eigenvalue weighted by molar-refractivity contribution is 5.98. The first kappa shape index (κ1) is 41.2. The predicted molar refractivity (Wildman–Crippen MR) is 208 cm³/mol. The van der Waals surface area contributed by atoms with Crippen LogP contribution in [0, 0.1) is 0 Å². The summed E-state index contributed by atoms with van der Waals surface area (Å²) < 4.78 is 22.0. The van der Waals surface area contributed by atoms with Crippen molar-refractivity contribution in [3.05, 3.63) is 138 Å². The van der Waals surface area contributed by atoms with Gasteiger partial charge in [0.15, 0.2) is 0 Å². The molecule has 1 aliphatic heterocycles. The average Bonchev–Trinajstić information content (AvgIpc) is 3.24. The number of likely N-dealkylation sites (tertiary alicyclic amines) is 1. The number of carbonyl (C=O) groups excluding carboxylic acids is 5. The fraction of sp³-hybridized carbons (Fsp3) is 0.341. The molecule has 1 saturated heterocycles. The lowest BCUT2D eigenvalue weighted by Crippen LogP contribution is -2.49. The molecule has 12 nitrogen and oxygen atoms in total. The van der Waals surface area contributed by atoms with E-state index in [0.717, 1.165) is 42.6 Å². The van der Waals surface area contributed by atoms with Crippen LogP contribution in [-0.2, 0) is 64.4 Å². The minimum atomic E-state index is -1.70. The van der Waals surface area contributed by atoms with E-state index in [0.29, 0.717) is 18.7 Å². The monoisotopic (exact) mass is 763 g/mol. The van der Waals surface area contributed by atoms with E-state index in [2.05, 4.69) is 15.5 Å². The maximum Gasteiger partial charge on any atom is 0.359 e. The molecule has 294 valence electrons. The van der Waals surface area contributed by atoms with Gasteiger partial charge in [0, 0.05) is 25.9 Å².